The summed E-state index contributed by atoms with van der Waals surface area (Å²) >= 11 is 0. The molecule has 0 bridgehead atoms. The van der Waals surface area contributed by atoms with E-state index in [0.717, 1.165) is 11.0 Å². The number of aromatic amines is 1. The minimum Gasteiger partial charge on any atom is -0.459 e. The van der Waals surface area contributed by atoms with Gasteiger partial charge in [0.2, 0.25) is 5.91 Å². The Hall–Kier alpha value is -3.29. The van der Waals surface area contributed by atoms with E-state index in [4.69, 9.17) is 4.42 Å². The van der Waals surface area contributed by atoms with E-state index in [0.29, 0.717) is 25.9 Å². The average Bonchev–Trinajstić information content (AvgIpc) is 3.35. The zero-order valence-corrected chi connectivity index (χ0v) is 15.6. The van der Waals surface area contributed by atoms with Gasteiger partial charge < -0.3 is 19.6 Å². The van der Waals surface area contributed by atoms with Crippen LogP contribution in [0.2, 0.25) is 0 Å². The number of rotatable bonds is 4. The van der Waals surface area contributed by atoms with E-state index in [1.807, 2.05) is 24.3 Å². The van der Waals surface area contributed by atoms with Crippen LogP contribution in [0.15, 0.2) is 51.9 Å². The molecule has 8 heteroatoms. The van der Waals surface area contributed by atoms with Crippen molar-refractivity contribution in [3.05, 3.63) is 58.9 Å². The van der Waals surface area contributed by atoms with Gasteiger partial charge in [0.15, 0.2) is 5.76 Å². The number of para-hydroxylation sites is 2. The summed E-state index contributed by atoms with van der Waals surface area (Å²) in [4.78, 5) is 41.7. The second-order valence-electron chi connectivity index (χ2n) is 7.05. The molecule has 8 nitrogen and oxygen atoms in total. The second-order valence-corrected chi connectivity index (χ2v) is 7.05. The molecule has 0 unspecified atom stereocenters. The predicted molar refractivity (Wildman–Crippen MR) is 103 cm³/mol. The maximum atomic E-state index is 12.7. The number of nitrogens with zero attached hydrogens (tertiary/aromatic N) is 2. The number of aromatic nitrogens is 2. The number of H-pyrrole nitrogens is 1. The highest BCUT2D eigenvalue weighted by Crippen LogP contribution is 2.25. The lowest BCUT2D eigenvalue weighted by Gasteiger charge is -2.34. The monoisotopic (exact) mass is 382 g/mol. The number of fused-ring (bicyclic) bond motifs is 1. The third-order valence-electron chi connectivity index (χ3n) is 5.23. The van der Waals surface area contributed by atoms with Crippen LogP contribution in [-0.2, 0) is 4.79 Å². The van der Waals surface area contributed by atoms with Crippen molar-refractivity contribution in [3.8, 4) is 0 Å². The molecule has 1 aliphatic rings. The van der Waals surface area contributed by atoms with Crippen LogP contribution in [-0.4, -0.2) is 45.4 Å². The topological polar surface area (TPSA) is 100 Å². The van der Waals surface area contributed by atoms with Gasteiger partial charge in [-0.3, -0.25) is 14.2 Å². The molecule has 4 rings (SSSR count). The maximum Gasteiger partial charge on any atom is 0.326 e. The fourth-order valence-corrected chi connectivity index (χ4v) is 3.79. The van der Waals surface area contributed by atoms with Gasteiger partial charge in [-0.15, -0.1) is 0 Å². The quantitative estimate of drug-likeness (QED) is 0.720. The van der Waals surface area contributed by atoms with Crippen molar-refractivity contribution >= 4 is 22.8 Å². The highest BCUT2D eigenvalue weighted by Gasteiger charge is 2.29. The summed E-state index contributed by atoms with van der Waals surface area (Å²) < 4.78 is 6.84. The molecule has 146 valence electrons. The second kappa shape index (κ2) is 7.38. The van der Waals surface area contributed by atoms with E-state index < -0.39 is 11.9 Å². The summed E-state index contributed by atoms with van der Waals surface area (Å²) in [6.07, 6.45) is 2.79. The van der Waals surface area contributed by atoms with Crippen molar-refractivity contribution in [1.29, 1.82) is 0 Å². The molecular formula is C20H22N4O4. The van der Waals surface area contributed by atoms with Crippen LogP contribution in [0.3, 0.4) is 0 Å². The van der Waals surface area contributed by atoms with E-state index in [1.54, 1.807) is 28.5 Å². The molecule has 2 N–H and O–H groups in total. The summed E-state index contributed by atoms with van der Waals surface area (Å²) in [7, 11) is 0. The van der Waals surface area contributed by atoms with Crippen LogP contribution < -0.4 is 11.0 Å². The van der Waals surface area contributed by atoms with Gasteiger partial charge >= 0.3 is 5.69 Å². The third-order valence-corrected chi connectivity index (χ3v) is 5.23. The van der Waals surface area contributed by atoms with Gasteiger partial charge in [-0.1, -0.05) is 12.1 Å². The Morgan fingerprint density at radius 3 is 2.64 bits per heavy atom. The van der Waals surface area contributed by atoms with Crippen LogP contribution in [0.4, 0.5) is 0 Å². The van der Waals surface area contributed by atoms with Crippen molar-refractivity contribution in [2.45, 2.75) is 31.8 Å². The van der Waals surface area contributed by atoms with Crippen molar-refractivity contribution in [2.75, 3.05) is 13.1 Å². The van der Waals surface area contributed by atoms with Gasteiger partial charge in [0.05, 0.1) is 17.3 Å². The number of nitrogens with one attached hydrogen (secondary N) is 2. The minimum atomic E-state index is -0.648. The van der Waals surface area contributed by atoms with Crippen molar-refractivity contribution in [2.24, 2.45) is 0 Å². The first kappa shape index (κ1) is 18.1. The first-order valence-electron chi connectivity index (χ1n) is 9.37. The molecular weight excluding hydrogens is 360 g/mol. The summed E-state index contributed by atoms with van der Waals surface area (Å²) in [5.74, 6) is -0.368. The molecule has 1 saturated heterocycles. The molecule has 0 aliphatic carbocycles. The van der Waals surface area contributed by atoms with E-state index >= 15 is 0 Å². The third kappa shape index (κ3) is 3.33. The Bertz CT molecular complexity index is 1040. The van der Waals surface area contributed by atoms with E-state index in [9.17, 15) is 14.4 Å². The standard InChI is InChI=1S/C20H22N4O4/c1-13(21-18(25)17-7-4-12-28-17)19(26)23-10-8-14(9-11-23)24-16-6-3-2-5-15(16)22-20(24)27/h2-7,12-14H,8-11H2,1H3,(H,21,25)(H,22,27)/t13-/m1/s1. The van der Waals surface area contributed by atoms with Crippen LogP contribution in [0.5, 0.6) is 0 Å². The number of imidazole rings is 1. The Kier molecular flexibility index (Phi) is 4.77. The van der Waals surface area contributed by atoms with Crippen LogP contribution in [0.25, 0.3) is 11.0 Å². The van der Waals surface area contributed by atoms with E-state index in [1.165, 1.54) is 6.26 Å². The van der Waals surface area contributed by atoms with Gasteiger partial charge in [-0.05, 0) is 44.0 Å². The van der Waals surface area contributed by atoms with Crippen LogP contribution in [0, 0.1) is 0 Å². The molecule has 0 spiro atoms. The van der Waals surface area contributed by atoms with Crippen molar-refractivity contribution in [1.82, 2.24) is 19.8 Å². The Labute approximate surface area is 161 Å². The molecule has 28 heavy (non-hydrogen) atoms. The molecule has 3 heterocycles. The lowest BCUT2D eigenvalue weighted by atomic mass is 10.0. The lowest BCUT2D eigenvalue weighted by Crippen LogP contribution is -2.49. The van der Waals surface area contributed by atoms with Crippen molar-refractivity contribution in [3.63, 3.8) is 0 Å². The number of amides is 2. The fraction of sp³-hybridized carbons (Fsp3) is 0.350. The number of piperidine rings is 1. The first-order valence-corrected chi connectivity index (χ1v) is 9.37. The molecule has 0 radical (unpaired) electrons. The number of furan rings is 1. The average molecular weight is 382 g/mol. The number of likely N-dealkylation sites (tertiary alicyclic amines) is 1. The first-order chi connectivity index (χ1) is 13.5. The van der Waals surface area contributed by atoms with Crippen LogP contribution >= 0.6 is 0 Å². The van der Waals surface area contributed by atoms with E-state index in [-0.39, 0.29) is 23.4 Å². The predicted octanol–water partition coefficient (Wildman–Crippen LogP) is 1.90. The maximum absolute atomic E-state index is 12.7. The largest absolute Gasteiger partial charge is 0.459 e. The number of hydrogen-bond acceptors (Lipinski definition) is 4. The van der Waals surface area contributed by atoms with Gasteiger partial charge in [0, 0.05) is 19.1 Å². The summed E-state index contributed by atoms with van der Waals surface area (Å²) in [5.41, 5.74) is 1.58. The summed E-state index contributed by atoms with van der Waals surface area (Å²) in [5, 5.41) is 2.67. The Morgan fingerprint density at radius 1 is 1.18 bits per heavy atom. The van der Waals surface area contributed by atoms with Gasteiger partial charge in [-0.2, -0.15) is 0 Å². The summed E-state index contributed by atoms with van der Waals surface area (Å²) in [6.45, 7) is 2.74. The number of benzene rings is 1. The Balaban J connectivity index is 1.39. The van der Waals surface area contributed by atoms with Gasteiger partial charge in [0.25, 0.3) is 5.91 Å². The Morgan fingerprint density at radius 2 is 1.93 bits per heavy atom. The zero-order chi connectivity index (χ0) is 19.7. The van der Waals surface area contributed by atoms with Gasteiger partial charge in [0.1, 0.15) is 6.04 Å². The highest BCUT2D eigenvalue weighted by atomic mass is 16.3. The van der Waals surface area contributed by atoms with E-state index in [2.05, 4.69) is 10.3 Å². The molecule has 1 fully saturated rings. The van der Waals surface area contributed by atoms with Gasteiger partial charge in [-0.25, -0.2) is 4.79 Å². The number of hydrogen-bond donors (Lipinski definition) is 2. The van der Waals surface area contributed by atoms with Crippen LogP contribution in [0.1, 0.15) is 36.4 Å². The molecule has 1 atom stereocenters. The SMILES string of the molecule is C[C@@H](NC(=O)c1ccco1)C(=O)N1CCC(n2c(=O)[nH]c3ccccc32)CC1. The molecule has 3 aromatic rings. The lowest BCUT2D eigenvalue weighted by molar-refractivity contribution is -0.134. The van der Waals surface area contributed by atoms with Crippen molar-refractivity contribution < 1.29 is 14.0 Å². The molecule has 1 aromatic carbocycles. The molecule has 0 saturated carbocycles. The zero-order valence-electron chi connectivity index (χ0n) is 15.6. The smallest absolute Gasteiger partial charge is 0.326 e. The fourth-order valence-electron chi connectivity index (χ4n) is 3.79. The normalized spacial score (nSPS) is 16.2. The number of carbonyl (C=O) groups is 2. The number of carbonyl (C=O) groups excluding carboxylic acids is 2. The summed E-state index contributed by atoms with van der Waals surface area (Å²) in [6, 6.07) is 10.2. The molecule has 1 aliphatic heterocycles. The minimum absolute atomic E-state index is 0.0423. The highest BCUT2D eigenvalue weighted by molar-refractivity contribution is 5.95. The molecule has 2 aromatic heterocycles. The molecule has 2 amide bonds.